The first-order valence-corrected chi connectivity index (χ1v) is 12.7. The van der Waals surface area contributed by atoms with Crippen molar-refractivity contribution < 1.29 is 9.53 Å². The number of amides is 1. The molecule has 4 aliphatic carbocycles. The van der Waals surface area contributed by atoms with Gasteiger partial charge in [-0.25, -0.2) is 5.43 Å². The van der Waals surface area contributed by atoms with E-state index >= 15 is 0 Å². The Morgan fingerprint density at radius 3 is 2.41 bits per heavy atom. The maximum absolute atomic E-state index is 13.4. The molecule has 170 valence electrons. The van der Waals surface area contributed by atoms with Crippen LogP contribution >= 0.6 is 11.3 Å². The van der Waals surface area contributed by atoms with Crippen LogP contribution in [0.1, 0.15) is 50.3 Å². The van der Waals surface area contributed by atoms with Crippen LogP contribution in [-0.2, 0) is 11.3 Å². The van der Waals surface area contributed by atoms with Gasteiger partial charge in [0.1, 0.15) is 5.75 Å². The summed E-state index contributed by atoms with van der Waals surface area (Å²) >= 11 is 1.61. The minimum absolute atomic E-state index is 0.135. The van der Waals surface area contributed by atoms with Gasteiger partial charge in [0.05, 0.1) is 17.7 Å². The summed E-state index contributed by atoms with van der Waals surface area (Å²) in [5, 5.41) is 4.65. The molecular formula is C26H33N3O2S. The van der Waals surface area contributed by atoms with Crippen molar-refractivity contribution in [2.45, 2.75) is 58.9 Å². The van der Waals surface area contributed by atoms with Gasteiger partial charge in [0.2, 0.25) is 10.7 Å². The molecular weight excluding hydrogens is 418 g/mol. The van der Waals surface area contributed by atoms with E-state index in [9.17, 15) is 4.79 Å². The zero-order valence-corrected chi connectivity index (χ0v) is 19.9. The van der Waals surface area contributed by atoms with Crippen LogP contribution in [0.3, 0.4) is 0 Å². The normalized spacial score (nSPS) is 28.7. The van der Waals surface area contributed by atoms with Crippen molar-refractivity contribution in [3.8, 4) is 17.0 Å². The highest BCUT2D eigenvalue weighted by molar-refractivity contribution is 7.09. The number of rotatable bonds is 7. The van der Waals surface area contributed by atoms with Crippen molar-refractivity contribution in [1.82, 2.24) is 9.99 Å². The Hall–Kier alpha value is -2.34. The van der Waals surface area contributed by atoms with Crippen molar-refractivity contribution in [2.24, 2.45) is 28.3 Å². The molecule has 4 saturated carbocycles. The number of nitrogens with one attached hydrogen (secondary N) is 1. The predicted molar refractivity (Wildman–Crippen MR) is 128 cm³/mol. The monoisotopic (exact) mass is 451 g/mol. The lowest BCUT2D eigenvalue weighted by molar-refractivity contribution is -0.146. The molecule has 1 N–H and O–H groups in total. The molecule has 1 aromatic carbocycles. The Bertz CT molecular complexity index is 1040. The molecule has 6 heteroatoms. The lowest BCUT2D eigenvalue weighted by Crippen LogP contribution is -2.53. The number of hydrogen-bond acceptors (Lipinski definition) is 4. The number of aromatic nitrogens is 1. The molecule has 0 atom stereocenters. The molecule has 4 bridgehead atoms. The Morgan fingerprint density at radius 2 is 1.84 bits per heavy atom. The summed E-state index contributed by atoms with van der Waals surface area (Å²) in [7, 11) is 0. The van der Waals surface area contributed by atoms with Crippen molar-refractivity contribution in [3.63, 3.8) is 0 Å². The minimum atomic E-state index is -0.189. The summed E-state index contributed by atoms with van der Waals surface area (Å²) in [6.07, 6.45) is 9.02. The fourth-order valence-electron chi connectivity index (χ4n) is 6.75. The van der Waals surface area contributed by atoms with E-state index in [0.29, 0.717) is 13.2 Å². The average Bonchev–Trinajstić information content (AvgIpc) is 3.07. The molecule has 32 heavy (non-hydrogen) atoms. The maximum atomic E-state index is 13.4. The van der Waals surface area contributed by atoms with Gasteiger partial charge in [-0.2, -0.15) is 0 Å². The van der Waals surface area contributed by atoms with E-state index in [4.69, 9.17) is 4.74 Å². The van der Waals surface area contributed by atoms with Crippen LogP contribution in [0.15, 0.2) is 42.0 Å². The third-order valence-electron chi connectivity index (χ3n) is 7.60. The molecule has 0 unspecified atom stereocenters. The molecule has 0 saturated heterocycles. The number of ether oxygens (including phenoxy) is 1. The van der Waals surface area contributed by atoms with Gasteiger partial charge in [0.25, 0.3) is 0 Å². The number of carbonyl (C=O) groups excluding carboxylic acids is 1. The Morgan fingerprint density at radius 1 is 1.22 bits per heavy atom. The minimum Gasteiger partial charge on any atom is -0.494 e. The first-order valence-electron chi connectivity index (χ1n) is 11.9. The van der Waals surface area contributed by atoms with Gasteiger partial charge in [-0.15, -0.1) is 11.7 Å². The zero-order chi connectivity index (χ0) is 22.3. The van der Waals surface area contributed by atoms with Gasteiger partial charge < -0.3 is 9.30 Å². The second kappa shape index (κ2) is 8.54. The van der Waals surface area contributed by atoms with Crippen molar-refractivity contribution >= 4 is 17.2 Å². The van der Waals surface area contributed by atoms with Crippen molar-refractivity contribution in [1.29, 1.82) is 0 Å². The molecule has 5 nitrogen and oxygen atoms in total. The fourth-order valence-corrected chi connectivity index (χ4v) is 7.71. The Balaban J connectivity index is 1.43. The van der Waals surface area contributed by atoms with Gasteiger partial charge in [0.15, 0.2) is 0 Å². The summed E-state index contributed by atoms with van der Waals surface area (Å²) in [5.74, 6) is 3.23. The van der Waals surface area contributed by atoms with Crippen LogP contribution in [0, 0.1) is 30.1 Å². The number of allylic oxidation sites excluding steroid dienone is 1. The van der Waals surface area contributed by atoms with Crippen molar-refractivity contribution in [2.75, 3.05) is 6.61 Å². The lowest BCUT2D eigenvalue weighted by atomic mass is 9.49. The van der Waals surface area contributed by atoms with E-state index in [2.05, 4.69) is 40.7 Å². The molecule has 0 radical (unpaired) electrons. The van der Waals surface area contributed by atoms with Gasteiger partial charge in [0, 0.05) is 11.4 Å². The molecule has 4 fully saturated rings. The molecule has 0 spiro atoms. The SMILES string of the molecule is C=CCn1c(-c2ccc(OCC)cc2)c(C)s/c1=N/NC(=O)C12CC3CC(CC(C3)C1)C2. The van der Waals surface area contributed by atoms with E-state index < -0.39 is 0 Å². The highest BCUT2D eigenvalue weighted by Crippen LogP contribution is 2.60. The number of carbonyl (C=O) groups is 1. The first-order chi connectivity index (χ1) is 15.5. The molecule has 1 aromatic heterocycles. The predicted octanol–water partition coefficient (Wildman–Crippen LogP) is 5.26. The third-order valence-corrected chi connectivity index (χ3v) is 8.60. The van der Waals surface area contributed by atoms with Crippen LogP contribution < -0.4 is 15.0 Å². The molecule has 1 heterocycles. The number of hydrogen-bond donors (Lipinski definition) is 1. The number of nitrogens with zero attached hydrogens (tertiary/aromatic N) is 2. The lowest BCUT2D eigenvalue weighted by Gasteiger charge is -2.55. The standard InChI is InChI=1S/C26H33N3O2S/c1-4-10-29-23(21-6-8-22(9-7-21)31-5-2)17(3)32-25(29)28-27-24(30)26-14-18-11-19(15-26)13-20(12-18)16-26/h4,6-9,18-20H,1,5,10-16H2,2-3H3,(H,27,30)/b28-25+. The molecule has 1 amide bonds. The molecule has 6 rings (SSSR count). The van der Waals surface area contributed by atoms with Gasteiger partial charge in [-0.05, 0) is 100.0 Å². The second-order valence-electron chi connectivity index (χ2n) is 9.90. The summed E-state index contributed by atoms with van der Waals surface area (Å²) in [5.41, 5.74) is 5.03. The fraction of sp³-hybridized carbons (Fsp3) is 0.538. The van der Waals surface area contributed by atoms with Crippen LogP contribution in [0.4, 0.5) is 0 Å². The van der Waals surface area contributed by atoms with E-state index in [1.807, 2.05) is 25.1 Å². The maximum Gasteiger partial charge on any atom is 0.246 e. The van der Waals surface area contributed by atoms with Crippen LogP contribution in [-0.4, -0.2) is 17.1 Å². The topological polar surface area (TPSA) is 55.6 Å². The number of benzene rings is 1. The largest absolute Gasteiger partial charge is 0.494 e. The van der Waals surface area contributed by atoms with E-state index in [-0.39, 0.29) is 11.3 Å². The number of aryl methyl sites for hydroxylation is 1. The van der Waals surface area contributed by atoms with Gasteiger partial charge in [-0.1, -0.05) is 17.4 Å². The summed E-state index contributed by atoms with van der Waals surface area (Å²) < 4.78 is 7.73. The number of thiazole rings is 1. The van der Waals surface area contributed by atoms with E-state index in [1.54, 1.807) is 11.3 Å². The van der Waals surface area contributed by atoms with Crippen molar-refractivity contribution in [3.05, 3.63) is 46.6 Å². The van der Waals surface area contributed by atoms with E-state index in [0.717, 1.165) is 58.8 Å². The summed E-state index contributed by atoms with van der Waals surface area (Å²) in [6.45, 7) is 9.32. The first kappa shape index (κ1) is 21.5. The van der Waals surface area contributed by atoms with Crippen LogP contribution in [0.5, 0.6) is 5.75 Å². The van der Waals surface area contributed by atoms with Gasteiger partial charge >= 0.3 is 0 Å². The van der Waals surface area contributed by atoms with Gasteiger partial charge in [-0.3, -0.25) is 4.79 Å². The molecule has 4 aliphatic rings. The zero-order valence-electron chi connectivity index (χ0n) is 19.1. The van der Waals surface area contributed by atoms with E-state index in [1.165, 1.54) is 24.1 Å². The molecule has 0 aliphatic heterocycles. The highest BCUT2D eigenvalue weighted by Gasteiger charge is 2.54. The third kappa shape index (κ3) is 3.83. The highest BCUT2D eigenvalue weighted by atomic mass is 32.1. The Labute approximate surface area is 194 Å². The summed E-state index contributed by atoms with van der Waals surface area (Å²) in [4.78, 5) is 15.3. The summed E-state index contributed by atoms with van der Waals surface area (Å²) in [6, 6.07) is 8.16. The van der Waals surface area contributed by atoms with Crippen LogP contribution in [0.25, 0.3) is 11.3 Å². The van der Waals surface area contributed by atoms with Crippen LogP contribution in [0.2, 0.25) is 0 Å². The quantitative estimate of drug-likeness (QED) is 0.461. The Kier molecular flexibility index (Phi) is 5.74. The smallest absolute Gasteiger partial charge is 0.246 e. The average molecular weight is 452 g/mol. The molecule has 2 aromatic rings. The second-order valence-corrected chi connectivity index (χ2v) is 11.1.